The van der Waals surface area contributed by atoms with Crippen molar-refractivity contribution >= 4 is 23.4 Å². The lowest BCUT2D eigenvalue weighted by molar-refractivity contribution is -0.124. The van der Waals surface area contributed by atoms with Gasteiger partial charge in [0.25, 0.3) is 11.8 Å². The van der Waals surface area contributed by atoms with Crippen LogP contribution in [0.1, 0.15) is 45.7 Å². The van der Waals surface area contributed by atoms with Crippen LogP contribution in [0.25, 0.3) is 0 Å². The van der Waals surface area contributed by atoms with Crippen molar-refractivity contribution in [2.24, 2.45) is 11.8 Å². The molecule has 0 unspecified atom stereocenters. The minimum absolute atomic E-state index is 0.0664. The summed E-state index contributed by atoms with van der Waals surface area (Å²) in [5.41, 5.74) is 2.53. The fourth-order valence-corrected chi connectivity index (χ4v) is 4.47. The second-order valence-electron chi connectivity index (χ2n) is 8.14. The van der Waals surface area contributed by atoms with Gasteiger partial charge in [-0.2, -0.15) is 0 Å². The Morgan fingerprint density at radius 2 is 1.97 bits per heavy atom. The molecular formula is C22H26N4O3. The lowest BCUT2D eigenvalue weighted by atomic mass is 9.89. The summed E-state index contributed by atoms with van der Waals surface area (Å²) in [6.45, 7) is 2.61. The number of rotatable bonds is 4. The highest BCUT2D eigenvalue weighted by Crippen LogP contribution is 2.38. The second kappa shape index (κ2) is 7.73. The van der Waals surface area contributed by atoms with Crippen molar-refractivity contribution in [2.75, 3.05) is 18.9 Å². The van der Waals surface area contributed by atoms with Crippen molar-refractivity contribution in [1.29, 1.82) is 0 Å². The number of H-pyrrole nitrogens is 1. The number of carbonyl (C=O) groups is 3. The van der Waals surface area contributed by atoms with Crippen molar-refractivity contribution in [3.05, 3.63) is 53.3 Å². The van der Waals surface area contributed by atoms with Gasteiger partial charge < -0.3 is 20.5 Å². The van der Waals surface area contributed by atoms with Crippen LogP contribution in [0.3, 0.4) is 0 Å². The maximum absolute atomic E-state index is 13.1. The highest BCUT2D eigenvalue weighted by atomic mass is 16.2. The Morgan fingerprint density at radius 1 is 1.17 bits per heavy atom. The number of carbonyl (C=O) groups excluding carboxylic acids is 3. The van der Waals surface area contributed by atoms with E-state index in [-0.39, 0.29) is 23.8 Å². The average molecular weight is 394 g/mol. The number of aromatic nitrogens is 1. The van der Waals surface area contributed by atoms with Crippen molar-refractivity contribution in [3.63, 3.8) is 0 Å². The third-order valence-corrected chi connectivity index (χ3v) is 6.27. The van der Waals surface area contributed by atoms with Gasteiger partial charge in [-0.05, 0) is 61.4 Å². The van der Waals surface area contributed by atoms with Crippen LogP contribution in [-0.4, -0.2) is 47.2 Å². The molecule has 0 radical (unpaired) electrons. The monoisotopic (exact) mass is 394 g/mol. The Labute approximate surface area is 169 Å². The number of hydrogen-bond acceptors (Lipinski definition) is 3. The molecule has 1 aromatic carbocycles. The Balaban J connectivity index is 1.47. The van der Waals surface area contributed by atoms with Gasteiger partial charge in [-0.3, -0.25) is 14.4 Å². The first kappa shape index (κ1) is 19.2. The zero-order valence-electron chi connectivity index (χ0n) is 16.7. The largest absolute Gasteiger partial charge is 0.357 e. The van der Waals surface area contributed by atoms with E-state index in [0.717, 1.165) is 18.4 Å². The zero-order chi connectivity index (χ0) is 20.5. The van der Waals surface area contributed by atoms with Crippen LogP contribution in [0.4, 0.5) is 5.69 Å². The van der Waals surface area contributed by atoms with Crippen LogP contribution >= 0.6 is 0 Å². The van der Waals surface area contributed by atoms with Crippen LogP contribution in [-0.2, 0) is 4.79 Å². The van der Waals surface area contributed by atoms with E-state index in [4.69, 9.17) is 0 Å². The highest BCUT2D eigenvalue weighted by Gasteiger charge is 2.40. The molecule has 2 aromatic rings. The quantitative estimate of drug-likeness (QED) is 0.744. The topological polar surface area (TPSA) is 94.3 Å². The van der Waals surface area contributed by atoms with E-state index in [0.29, 0.717) is 41.7 Å². The molecule has 29 heavy (non-hydrogen) atoms. The third kappa shape index (κ3) is 3.90. The fraction of sp³-hybridized carbons (Fsp3) is 0.409. The Morgan fingerprint density at radius 3 is 2.72 bits per heavy atom. The smallest absolute Gasteiger partial charge is 0.272 e. The molecule has 2 heterocycles. The number of amides is 3. The predicted octanol–water partition coefficient (Wildman–Crippen LogP) is 2.56. The lowest BCUT2D eigenvalue weighted by Crippen LogP contribution is -2.38. The summed E-state index contributed by atoms with van der Waals surface area (Å²) in [5.74, 6) is 0.609. The molecule has 7 nitrogen and oxygen atoms in total. The Bertz CT molecular complexity index is 938. The van der Waals surface area contributed by atoms with Gasteiger partial charge in [-0.1, -0.05) is 6.07 Å². The number of nitrogens with one attached hydrogen (secondary N) is 3. The molecule has 0 spiro atoms. The van der Waals surface area contributed by atoms with Crippen LogP contribution in [0.15, 0.2) is 36.5 Å². The minimum Gasteiger partial charge on any atom is -0.357 e. The average Bonchev–Trinajstić information content (AvgIpc) is 3.38. The molecule has 152 valence electrons. The van der Waals surface area contributed by atoms with E-state index in [2.05, 4.69) is 15.6 Å². The van der Waals surface area contributed by atoms with E-state index < -0.39 is 0 Å². The van der Waals surface area contributed by atoms with E-state index in [1.165, 1.54) is 0 Å². The molecule has 3 atom stereocenters. The summed E-state index contributed by atoms with van der Waals surface area (Å²) < 4.78 is 0. The van der Waals surface area contributed by atoms with Gasteiger partial charge in [-0.15, -0.1) is 0 Å². The predicted molar refractivity (Wildman–Crippen MR) is 110 cm³/mol. The Kier molecular flexibility index (Phi) is 5.13. The van der Waals surface area contributed by atoms with E-state index in [9.17, 15) is 14.4 Å². The normalized spacial score (nSPS) is 23.2. The number of aromatic amines is 1. The summed E-state index contributed by atoms with van der Waals surface area (Å²) in [5, 5.41) is 5.81. The van der Waals surface area contributed by atoms with Gasteiger partial charge in [0, 0.05) is 43.5 Å². The molecule has 4 rings (SSSR count). The van der Waals surface area contributed by atoms with Crippen LogP contribution in [0, 0.1) is 18.8 Å². The number of nitrogens with zero attached hydrogens (tertiary/aromatic N) is 1. The number of benzene rings is 1. The molecular weight excluding hydrogens is 368 g/mol. The summed E-state index contributed by atoms with van der Waals surface area (Å²) in [4.78, 5) is 41.8. The molecule has 1 aliphatic carbocycles. The van der Waals surface area contributed by atoms with Gasteiger partial charge in [0.05, 0.1) is 0 Å². The standard InChI is InChI=1S/C22H26N4O3/c1-13-5-6-14(10-19(13)25-21(28)18-4-3-7-23-18)22(29)26(2)17-8-15-11-20(27)24-12-16(15)9-17/h3-7,10,15-17,23H,8-9,11-12H2,1-2H3,(H,24,27)(H,25,28)/t15-,16+,17-/m0/s1. The number of aryl methyl sites for hydroxylation is 1. The van der Waals surface area contributed by atoms with Gasteiger partial charge in [0.2, 0.25) is 5.91 Å². The maximum Gasteiger partial charge on any atom is 0.272 e. The van der Waals surface area contributed by atoms with Crippen molar-refractivity contribution in [2.45, 2.75) is 32.2 Å². The van der Waals surface area contributed by atoms with Crippen LogP contribution < -0.4 is 10.6 Å². The fourth-order valence-electron chi connectivity index (χ4n) is 4.47. The molecule has 1 saturated carbocycles. The van der Waals surface area contributed by atoms with Gasteiger partial charge in [0.1, 0.15) is 5.69 Å². The summed E-state index contributed by atoms with van der Waals surface area (Å²) in [6, 6.07) is 8.98. The molecule has 2 fully saturated rings. The van der Waals surface area contributed by atoms with Crippen molar-refractivity contribution in [1.82, 2.24) is 15.2 Å². The molecule has 7 heteroatoms. The maximum atomic E-state index is 13.1. The molecule has 1 aromatic heterocycles. The van der Waals surface area contributed by atoms with E-state index in [1.807, 2.05) is 20.0 Å². The minimum atomic E-state index is -0.243. The Hall–Kier alpha value is -3.09. The number of hydrogen-bond donors (Lipinski definition) is 3. The first-order chi connectivity index (χ1) is 13.9. The summed E-state index contributed by atoms with van der Waals surface area (Å²) in [6.07, 6.45) is 4.03. The van der Waals surface area contributed by atoms with Crippen LogP contribution in [0.2, 0.25) is 0 Å². The van der Waals surface area contributed by atoms with Gasteiger partial charge >= 0.3 is 0 Å². The zero-order valence-corrected chi connectivity index (χ0v) is 16.7. The van der Waals surface area contributed by atoms with E-state index >= 15 is 0 Å². The summed E-state index contributed by atoms with van der Waals surface area (Å²) in [7, 11) is 1.83. The third-order valence-electron chi connectivity index (χ3n) is 6.27. The molecule has 1 saturated heterocycles. The van der Waals surface area contributed by atoms with Crippen molar-refractivity contribution < 1.29 is 14.4 Å². The summed E-state index contributed by atoms with van der Waals surface area (Å²) >= 11 is 0. The first-order valence-corrected chi connectivity index (χ1v) is 10.0. The molecule has 3 amide bonds. The lowest BCUT2D eigenvalue weighted by Gasteiger charge is -2.25. The number of anilines is 1. The SMILES string of the molecule is Cc1ccc(C(=O)N(C)[C@H]2C[C@H]3CC(=O)NC[C@H]3C2)cc1NC(=O)c1ccc[nH]1. The first-order valence-electron chi connectivity index (χ1n) is 10.0. The van der Waals surface area contributed by atoms with Gasteiger partial charge in [-0.25, -0.2) is 0 Å². The molecule has 0 bridgehead atoms. The van der Waals surface area contributed by atoms with Crippen LogP contribution in [0.5, 0.6) is 0 Å². The number of fused-ring (bicyclic) bond motifs is 1. The molecule has 1 aliphatic heterocycles. The number of piperidine rings is 1. The molecule has 3 N–H and O–H groups in total. The van der Waals surface area contributed by atoms with Gasteiger partial charge in [0.15, 0.2) is 0 Å². The highest BCUT2D eigenvalue weighted by molar-refractivity contribution is 6.04. The van der Waals surface area contributed by atoms with E-state index in [1.54, 1.807) is 35.4 Å². The van der Waals surface area contributed by atoms with Crippen molar-refractivity contribution in [3.8, 4) is 0 Å². The second-order valence-corrected chi connectivity index (χ2v) is 8.14. The molecule has 2 aliphatic rings.